The Bertz CT molecular complexity index is 345. The lowest BCUT2D eigenvalue weighted by Gasteiger charge is -2.05. The van der Waals surface area contributed by atoms with Crippen molar-refractivity contribution in [2.24, 2.45) is 0 Å². The molecule has 0 amide bonds. The predicted molar refractivity (Wildman–Crippen MR) is 52.3 cm³/mol. The summed E-state index contributed by atoms with van der Waals surface area (Å²) in [5.41, 5.74) is 7.22. The van der Waals surface area contributed by atoms with Crippen LogP contribution in [0.5, 0.6) is 0 Å². The maximum absolute atomic E-state index is 11.2. The molecule has 0 saturated heterocycles. The third-order valence-corrected chi connectivity index (χ3v) is 1.77. The summed E-state index contributed by atoms with van der Waals surface area (Å²) < 4.78 is 4.56. The molecule has 3 heteroatoms. The van der Waals surface area contributed by atoms with Crippen LogP contribution in [0.2, 0.25) is 0 Å². The fourth-order valence-corrected chi connectivity index (χ4v) is 1.05. The number of anilines is 1. The minimum Gasteiger partial charge on any atom is -0.465 e. The lowest BCUT2D eigenvalue weighted by Crippen LogP contribution is -2.06. The molecule has 0 atom stereocenters. The molecule has 3 nitrogen and oxygen atoms in total. The zero-order valence-corrected chi connectivity index (χ0v) is 7.41. The van der Waals surface area contributed by atoms with Gasteiger partial charge in [0.15, 0.2) is 0 Å². The fourth-order valence-electron chi connectivity index (χ4n) is 1.05. The van der Waals surface area contributed by atoms with Crippen LogP contribution in [0.15, 0.2) is 24.8 Å². The topological polar surface area (TPSA) is 52.3 Å². The minimum atomic E-state index is -0.429. The third kappa shape index (κ3) is 1.69. The van der Waals surface area contributed by atoms with Crippen molar-refractivity contribution in [1.29, 1.82) is 0 Å². The number of carbonyl (C=O) groups is 1. The second kappa shape index (κ2) is 3.76. The number of rotatable bonds is 2. The number of benzene rings is 1. The van der Waals surface area contributed by atoms with Crippen LogP contribution in [0.25, 0.3) is 6.08 Å². The van der Waals surface area contributed by atoms with Crippen LogP contribution < -0.4 is 5.73 Å². The number of methoxy groups -OCH3 is 1. The van der Waals surface area contributed by atoms with Gasteiger partial charge in [-0.25, -0.2) is 4.79 Å². The summed E-state index contributed by atoms with van der Waals surface area (Å²) in [7, 11) is 1.32. The summed E-state index contributed by atoms with van der Waals surface area (Å²) in [6.07, 6.45) is 1.60. The van der Waals surface area contributed by atoms with Crippen LogP contribution in [0.1, 0.15) is 15.9 Å². The van der Waals surface area contributed by atoms with Crippen molar-refractivity contribution < 1.29 is 9.53 Å². The maximum atomic E-state index is 11.2. The SMILES string of the molecule is C=Cc1cccc(C(=O)OC)c1N. The van der Waals surface area contributed by atoms with Crippen LogP contribution in [0.4, 0.5) is 5.69 Å². The summed E-state index contributed by atoms with van der Waals surface area (Å²) in [5.74, 6) is -0.429. The van der Waals surface area contributed by atoms with Crippen LogP contribution in [-0.4, -0.2) is 13.1 Å². The lowest BCUT2D eigenvalue weighted by molar-refractivity contribution is 0.0602. The molecule has 0 heterocycles. The van der Waals surface area contributed by atoms with Gasteiger partial charge < -0.3 is 10.5 Å². The van der Waals surface area contributed by atoms with Crippen LogP contribution in [-0.2, 0) is 4.74 Å². The summed E-state index contributed by atoms with van der Waals surface area (Å²) in [5, 5.41) is 0. The first-order chi connectivity index (χ1) is 6.20. The number of nitrogens with two attached hydrogens (primary N) is 1. The van der Waals surface area contributed by atoms with Crippen molar-refractivity contribution in [3.05, 3.63) is 35.9 Å². The minimum absolute atomic E-state index is 0.375. The van der Waals surface area contributed by atoms with E-state index >= 15 is 0 Å². The van der Waals surface area contributed by atoms with E-state index in [2.05, 4.69) is 11.3 Å². The smallest absolute Gasteiger partial charge is 0.339 e. The Morgan fingerprint density at radius 3 is 2.85 bits per heavy atom. The summed E-state index contributed by atoms with van der Waals surface area (Å²) in [6, 6.07) is 5.14. The highest BCUT2D eigenvalue weighted by atomic mass is 16.5. The highest BCUT2D eigenvalue weighted by Crippen LogP contribution is 2.18. The molecule has 2 N–H and O–H groups in total. The molecule has 0 bridgehead atoms. The van der Waals surface area contributed by atoms with Crippen LogP contribution in [0.3, 0.4) is 0 Å². The van der Waals surface area contributed by atoms with Crippen molar-refractivity contribution >= 4 is 17.7 Å². The van der Waals surface area contributed by atoms with Gasteiger partial charge >= 0.3 is 5.97 Å². The molecule has 0 saturated carbocycles. The van der Waals surface area contributed by atoms with Gasteiger partial charge in [0.2, 0.25) is 0 Å². The van der Waals surface area contributed by atoms with E-state index in [9.17, 15) is 4.79 Å². The number of para-hydroxylation sites is 1. The van der Waals surface area contributed by atoms with Gasteiger partial charge in [-0.05, 0) is 11.6 Å². The van der Waals surface area contributed by atoms with E-state index in [1.54, 1.807) is 24.3 Å². The number of ether oxygens (including phenoxy) is 1. The van der Waals surface area contributed by atoms with Crippen molar-refractivity contribution in [1.82, 2.24) is 0 Å². The Labute approximate surface area is 76.8 Å². The second-order valence-electron chi connectivity index (χ2n) is 2.50. The number of hydrogen-bond donors (Lipinski definition) is 1. The molecule has 1 aromatic rings. The van der Waals surface area contributed by atoms with Crippen molar-refractivity contribution in [3.63, 3.8) is 0 Å². The normalized spacial score (nSPS) is 9.31. The lowest BCUT2D eigenvalue weighted by atomic mass is 10.1. The molecule has 68 valence electrons. The molecule has 1 aromatic carbocycles. The van der Waals surface area contributed by atoms with E-state index in [1.807, 2.05) is 0 Å². The molecule has 1 rings (SSSR count). The molecule has 0 aliphatic heterocycles. The van der Waals surface area contributed by atoms with Crippen LogP contribution >= 0.6 is 0 Å². The van der Waals surface area contributed by atoms with Gasteiger partial charge in [0.25, 0.3) is 0 Å². The zero-order chi connectivity index (χ0) is 9.84. The first-order valence-electron chi connectivity index (χ1n) is 3.80. The highest BCUT2D eigenvalue weighted by Gasteiger charge is 2.10. The molecule has 0 fully saturated rings. The zero-order valence-electron chi connectivity index (χ0n) is 7.41. The average molecular weight is 177 g/mol. The molecule has 13 heavy (non-hydrogen) atoms. The number of nitrogen functional groups attached to an aromatic ring is 1. The van der Waals surface area contributed by atoms with Gasteiger partial charge in [0.1, 0.15) is 0 Å². The highest BCUT2D eigenvalue weighted by molar-refractivity contribution is 5.96. The van der Waals surface area contributed by atoms with Crippen LogP contribution in [0, 0.1) is 0 Å². The predicted octanol–water partition coefficient (Wildman–Crippen LogP) is 1.70. The van der Waals surface area contributed by atoms with E-state index < -0.39 is 5.97 Å². The van der Waals surface area contributed by atoms with Gasteiger partial charge in [-0.1, -0.05) is 24.8 Å². The first kappa shape index (κ1) is 9.32. The van der Waals surface area contributed by atoms with Gasteiger partial charge in [0, 0.05) is 0 Å². The molecule has 0 aromatic heterocycles. The molecule has 0 radical (unpaired) electrons. The third-order valence-electron chi connectivity index (χ3n) is 1.77. The number of esters is 1. The molecule has 0 spiro atoms. The van der Waals surface area contributed by atoms with Gasteiger partial charge in [-0.2, -0.15) is 0 Å². The summed E-state index contributed by atoms with van der Waals surface area (Å²) in [6.45, 7) is 3.59. The Hall–Kier alpha value is -1.77. The Balaban J connectivity index is 3.23. The largest absolute Gasteiger partial charge is 0.465 e. The Kier molecular flexibility index (Phi) is 2.69. The molecule has 0 aliphatic rings. The monoisotopic (exact) mass is 177 g/mol. The molecular weight excluding hydrogens is 166 g/mol. The van der Waals surface area contributed by atoms with E-state index in [0.29, 0.717) is 11.3 Å². The molecule has 0 unspecified atom stereocenters. The van der Waals surface area contributed by atoms with E-state index in [4.69, 9.17) is 5.73 Å². The van der Waals surface area contributed by atoms with Gasteiger partial charge in [-0.15, -0.1) is 0 Å². The summed E-state index contributed by atoms with van der Waals surface area (Å²) >= 11 is 0. The molecular formula is C10H11NO2. The van der Waals surface area contributed by atoms with Gasteiger partial charge in [0.05, 0.1) is 18.4 Å². The van der Waals surface area contributed by atoms with E-state index in [0.717, 1.165) is 5.56 Å². The number of carbonyl (C=O) groups excluding carboxylic acids is 1. The Morgan fingerprint density at radius 1 is 1.62 bits per heavy atom. The van der Waals surface area contributed by atoms with Crippen molar-refractivity contribution in [3.8, 4) is 0 Å². The van der Waals surface area contributed by atoms with Gasteiger partial charge in [-0.3, -0.25) is 0 Å². The number of hydrogen-bond acceptors (Lipinski definition) is 3. The van der Waals surface area contributed by atoms with E-state index in [1.165, 1.54) is 7.11 Å². The average Bonchev–Trinajstić information content (AvgIpc) is 2.17. The Morgan fingerprint density at radius 2 is 2.31 bits per heavy atom. The summed E-state index contributed by atoms with van der Waals surface area (Å²) in [4.78, 5) is 11.2. The van der Waals surface area contributed by atoms with Crippen molar-refractivity contribution in [2.75, 3.05) is 12.8 Å². The maximum Gasteiger partial charge on any atom is 0.339 e. The quantitative estimate of drug-likeness (QED) is 0.552. The van der Waals surface area contributed by atoms with Crippen molar-refractivity contribution in [2.45, 2.75) is 0 Å². The van der Waals surface area contributed by atoms with E-state index in [-0.39, 0.29) is 0 Å². The first-order valence-corrected chi connectivity index (χ1v) is 3.80. The molecule has 0 aliphatic carbocycles. The standard InChI is InChI=1S/C10H11NO2/c1-3-7-5-4-6-8(9(7)11)10(12)13-2/h3-6H,1,11H2,2H3. The second-order valence-corrected chi connectivity index (χ2v) is 2.50. The fraction of sp³-hybridized carbons (Fsp3) is 0.100.